The van der Waals surface area contributed by atoms with Gasteiger partial charge in [0.2, 0.25) is 23.7 Å². The van der Waals surface area contributed by atoms with Crippen LogP contribution in [-0.2, 0) is 23.9 Å². The largest absolute Gasteiger partial charge is 0.391 e. The van der Waals surface area contributed by atoms with E-state index >= 15 is 0 Å². The van der Waals surface area contributed by atoms with Crippen molar-refractivity contribution in [3.05, 3.63) is 71.4 Å². The predicted octanol–water partition coefficient (Wildman–Crippen LogP) is 7.15. The highest BCUT2D eigenvalue weighted by Gasteiger charge is 2.45. The van der Waals surface area contributed by atoms with Crippen molar-refractivity contribution in [2.75, 3.05) is 75.9 Å². The molecule has 7 heterocycles. The Morgan fingerprint density at radius 3 is 2.29 bits per heavy atom. The summed E-state index contributed by atoms with van der Waals surface area (Å²) in [6.07, 6.45) is 9.15. The average Bonchev–Trinajstić information content (AvgIpc) is 4.08. The quantitative estimate of drug-likeness (QED) is 0.0572. The Morgan fingerprint density at radius 2 is 1.59 bits per heavy atom. The summed E-state index contributed by atoms with van der Waals surface area (Å²) in [5, 5.41) is 20.0. The molecule has 0 aliphatic carbocycles. The maximum absolute atomic E-state index is 14.1. The number of aryl methyl sites for hydroxylation is 2. The highest BCUT2D eigenvalue weighted by atomic mass is 32.1. The van der Waals surface area contributed by atoms with E-state index in [9.17, 15) is 19.5 Å². The molecule has 8 rings (SSSR count). The number of thiazole rings is 1. The van der Waals surface area contributed by atoms with E-state index in [0.29, 0.717) is 37.7 Å². The van der Waals surface area contributed by atoms with Gasteiger partial charge in [0.15, 0.2) is 0 Å². The number of ether oxygens (including phenoxy) is 2. The van der Waals surface area contributed by atoms with Crippen LogP contribution < -0.4 is 20.9 Å². The number of amides is 3. The molecule has 1 aromatic carbocycles. The lowest BCUT2D eigenvalue weighted by Gasteiger charge is -2.47. The van der Waals surface area contributed by atoms with Crippen molar-refractivity contribution >= 4 is 57.7 Å². The van der Waals surface area contributed by atoms with Crippen molar-refractivity contribution < 1.29 is 29.0 Å². The Balaban J connectivity index is 0.691. The van der Waals surface area contributed by atoms with Crippen LogP contribution in [0.4, 0.5) is 17.6 Å². The van der Waals surface area contributed by atoms with E-state index in [-0.39, 0.29) is 31.5 Å². The zero-order valence-corrected chi connectivity index (χ0v) is 44.8. The number of β-amino-alcohol motifs (C(OH)–C–C–N with tert-alkyl or cyclic N) is 1. The van der Waals surface area contributed by atoms with Gasteiger partial charge < -0.3 is 49.8 Å². The Bertz CT molecular complexity index is 2650. The number of rotatable bonds is 20. The minimum absolute atomic E-state index is 0.00254. The first-order valence-electron chi connectivity index (χ1n) is 26.1. The van der Waals surface area contributed by atoms with Crippen molar-refractivity contribution in [3.8, 4) is 10.4 Å². The van der Waals surface area contributed by atoms with Gasteiger partial charge in [-0.25, -0.2) is 19.9 Å². The van der Waals surface area contributed by atoms with Crippen molar-refractivity contribution in [1.29, 1.82) is 0 Å². The first-order valence-corrected chi connectivity index (χ1v) is 27.0. The second-order valence-electron chi connectivity index (χ2n) is 21.6. The fraction of sp³-hybridized carbons (Fsp3) is 0.593. The number of hydrogen-bond donors (Lipinski definition) is 4. The molecule has 3 saturated heterocycles. The van der Waals surface area contributed by atoms with Gasteiger partial charge in [-0.15, -0.1) is 11.3 Å². The lowest BCUT2D eigenvalue weighted by molar-refractivity contribution is -0.144. The fourth-order valence-electron chi connectivity index (χ4n) is 10.6. The van der Waals surface area contributed by atoms with Gasteiger partial charge in [-0.3, -0.25) is 14.4 Å². The molecule has 394 valence electrons. The molecule has 0 bridgehead atoms. The average molecular weight is 1020 g/mol. The first kappa shape index (κ1) is 53.7. The molecule has 73 heavy (non-hydrogen) atoms. The molecule has 4 N–H and O–H groups in total. The van der Waals surface area contributed by atoms with Gasteiger partial charge in [0, 0.05) is 70.7 Å². The lowest BCUT2D eigenvalue weighted by Crippen LogP contribution is -2.58. The molecule has 3 fully saturated rings. The summed E-state index contributed by atoms with van der Waals surface area (Å²) in [7, 11) is 0. The fourth-order valence-corrected chi connectivity index (χ4v) is 11.4. The van der Waals surface area contributed by atoms with Crippen LogP contribution in [-0.4, -0.2) is 146 Å². The number of hydrogen-bond acceptors (Lipinski definition) is 15. The molecule has 3 aliphatic heterocycles. The van der Waals surface area contributed by atoms with Crippen LogP contribution in [0.5, 0.6) is 0 Å². The third kappa shape index (κ3) is 13.4. The predicted molar refractivity (Wildman–Crippen MR) is 285 cm³/mol. The van der Waals surface area contributed by atoms with Gasteiger partial charge in [-0.1, -0.05) is 45.0 Å². The summed E-state index contributed by atoms with van der Waals surface area (Å²) < 4.78 is 13.9. The number of aliphatic hydroxyl groups excluding tert-OH is 1. The zero-order valence-electron chi connectivity index (χ0n) is 44.0. The number of anilines is 3. The van der Waals surface area contributed by atoms with Crippen LogP contribution in [0, 0.1) is 24.7 Å². The summed E-state index contributed by atoms with van der Waals surface area (Å²) in [6, 6.07) is 10.1. The second-order valence-corrected chi connectivity index (χ2v) is 22.5. The molecule has 19 heteroatoms. The molecule has 3 amide bonds. The minimum Gasteiger partial charge on any atom is -0.391 e. The number of aliphatic hydroxyl groups is 1. The standard InChI is InChI=1S/C54H76N12O6S/c1-35(2)66-38(5)59-42-31-56-46(30-43(42)66)60-45-15-20-55-52(61-45)64-24-18-54(19-25-64)16-22-63(23-17-54)21-9-26-71-27-10-28-72-33-47(68)62-49(53(6,7)8)51(70)65-32-41(67)29-44(65)50(69)58-36(3)39-11-13-40(14-12-39)48-37(4)57-34-73-48/h11-15,20,30-31,34-36,41,44,49,67H,9-10,16-19,21-29,32-33H2,1-8H3,(H,58,69)(H,62,68)(H,55,56,60,61)/t36-,41+,44-,49?/m0/s1. The Morgan fingerprint density at radius 1 is 0.877 bits per heavy atom. The van der Waals surface area contributed by atoms with Gasteiger partial charge in [0.1, 0.15) is 41.7 Å². The van der Waals surface area contributed by atoms with Gasteiger partial charge in [-0.2, -0.15) is 4.98 Å². The molecule has 4 atom stereocenters. The van der Waals surface area contributed by atoms with E-state index in [1.165, 1.54) is 17.7 Å². The number of nitrogens with one attached hydrogen (secondary N) is 3. The van der Waals surface area contributed by atoms with Gasteiger partial charge in [-0.05, 0) is 114 Å². The molecule has 3 aliphatic rings. The normalized spacial score (nSPS) is 19.2. The summed E-state index contributed by atoms with van der Waals surface area (Å²) in [5.41, 5.74) is 6.40. The second kappa shape index (κ2) is 23.7. The molecule has 18 nitrogen and oxygen atoms in total. The van der Waals surface area contributed by atoms with Gasteiger partial charge in [0.05, 0.1) is 39.9 Å². The number of imidazole rings is 1. The molecule has 4 aromatic heterocycles. The SMILES string of the molecule is Cc1ncsc1-c1ccc([C@H](C)NC(=O)[C@@H]2C[C@@H](O)CN2C(=O)C(NC(=O)COCCCOCCCN2CCC3(CC2)CCN(c2nccc(Nc4cc5c(cn4)nc(C)n5C(C)C)n2)CC3)C(C)(C)C)cc1. The van der Waals surface area contributed by atoms with E-state index in [1.807, 2.05) is 95.8 Å². The van der Waals surface area contributed by atoms with E-state index in [1.54, 1.807) is 11.3 Å². The van der Waals surface area contributed by atoms with Crippen molar-refractivity contribution in [2.45, 2.75) is 131 Å². The lowest BCUT2D eigenvalue weighted by atomic mass is 9.71. The van der Waals surface area contributed by atoms with Crippen molar-refractivity contribution in [2.24, 2.45) is 10.8 Å². The van der Waals surface area contributed by atoms with E-state index in [2.05, 4.69) is 64.1 Å². The van der Waals surface area contributed by atoms with Crippen molar-refractivity contribution in [3.63, 3.8) is 0 Å². The number of aromatic nitrogens is 6. The molecular formula is C54H76N12O6S. The number of nitrogens with zero attached hydrogens (tertiary/aromatic N) is 9. The smallest absolute Gasteiger partial charge is 0.246 e. The molecule has 0 radical (unpaired) electrons. The van der Waals surface area contributed by atoms with Crippen LogP contribution in [0.3, 0.4) is 0 Å². The maximum Gasteiger partial charge on any atom is 0.246 e. The van der Waals surface area contributed by atoms with E-state index in [0.717, 1.165) is 108 Å². The highest BCUT2D eigenvalue weighted by molar-refractivity contribution is 7.13. The van der Waals surface area contributed by atoms with Crippen LogP contribution in [0.15, 0.2) is 54.3 Å². The third-order valence-corrected chi connectivity index (χ3v) is 15.8. The summed E-state index contributed by atoms with van der Waals surface area (Å²) in [5.74, 6) is 2.00. The van der Waals surface area contributed by atoms with Crippen LogP contribution >= 0.6 is 11.3 Å². The minimum atomic E-state index is -0.934. The Hall–Kier alpha value is -5.60. The molecule has 0 saturated carbocycles. The molecule has 5 aromatic rings. The van der Waals surface area contributed by atoms with Crippen LogP contribution in [0.2, 0.25) is 0 Å². The number of likely N-dealkylation sites (tertiary alicyclic amines) is 2. The zero-order chi connectivity index (χ0) is 51.9. The van der Waals surface area contributed by atoms with Crippen LogP contribution in [0.1, 0.15) is 116 Å². The van der Waals surface area contributed by atoms with Crippen LogP contribution in [0.25, 0.3) is 21.5 Å². The number of fused-ring (bicyclic) bond motifs is 1. The van der Waals surface area contributed by atoms with Gasteiger partial charge >= 0.3 is 0 Å². The number of benzene rings is 1. The first-order chi connectivity index (χ1) is 35.0. The summed E-state index contributed by atoms with van der Waals surface area (Å²) in [4.78, 5) is 71.4. The monoisotopic (exact) mass is 1020 g/mol. The Kier molecular flexibility index (Phi) is 17.5. The highest BCUT2D eigenvalue weighted by Crippen LogP contribution is 2.42. The molecule has 1 spiro atoms. The summed E-state index contributed by atoms with van der Waals surface area (Å²) in [6.45, 7) is 22.2. The number of carbonyl (C=O) groups is 3. The summed E-state index contributed by atoms with van der Waals surface area (Å²) >= 11 is 1.58. The topological polar surface area (TPSA) is 205 Å². The number of piperidine rings is 2. The van der Waals surface area contributed by atoms with Gasteiger partial charge in [0.25, 0.3) is 0 Å². The van der Waals surface area contributed by atoms with E-state index < -0.39 is 35.4 Å². The third-order valence-electron chi connectivity index (χ3n) is 14.8. The molecular weight excluding hydrogens is 945 g/mol. The molecule has 1 unspecified atom stereocenters. The van der Waals surface area contributed by atoms with E-state index in [4.69, 9.17) is 14.5 Å². The Labute approximate surface area is 434 Å². The van der Waals surface area contributed by atoms with Crippen molar-refractivity contribution in [1.82, 2.24) is 49.9 Å². The number of carbonyl (C=O) groups excluding carboxylic acids is 3. The number of pyridine rings is 1. The maximum atomic E-state index is 14.1.